The molecule has 0 bridgehead atoms. The molecule has 0 saturated heterocycles. The van der Waals surface area contributed by atoms with Crippen LogP contribution in [0.5, 0.6) is 0 Å². The molecule has 120 valence electrons. The van der Waals surface area contributed by atoms with Crippen molar-refractivity contribution in [3.05, 3.63) is 48.5 Å². The molecule has 0 spiro atoms. The molecular weight excluding hydrogens is 296 g/mol. The molecule has 3 aromatic rings. The van der Waals surface area contributed by atoms with Crippen molar-refractivity contribution < 1.29 is 9.90 Å². The number of para-hydroxylation sites is 2. The molecule has 0 aliphatic rings. The van der Waals surface area contributed by atoms with E-state index in [1.54, 1.807) is 31.0 Å². The number of aromatic nitrogens is 4. The number of imidazole rings is 1. The summed E-state index contributed by atoms with van der Waals surface area (Å²) < 4.78 is 3.13. The van der Waals surface area contributed by atoms with Gasteiger partial charge in [-0.05, 0) is 19.1 Å². The molecular formula is C15H18N6O2. The molecule has 1 atom stereocenters. The predicted molar refractivity (Wildman–Crippen MR) is 85.3 cm³/mol. The van der Waals surface area contributed by atoms with Crippen LogP contribution in [0.2, 0.25) is 0 Å². The summed E-state index contributed by atoms with van der Waals surface area (Å²) in [6.45, 7) is 1.67. The van der Waals surface area contributed by atoms with Gasteiger partial charge in [0.25, 0.3) is 0 Å². The monoisotopic (exact) mass is 314 g/mol. The predicted octanol–water partition coefficient (Wildman–Crippen LogP) is 0.931. The minimum absolute atomic E-state index is 0.0527. The lowest BCUT2D eigenvalue weighted by molar-refractivity contribution is 0.0598. The zero-order chi connectivity index (χ0) is 16.4. The second kappa shape index (κ2) is 5.73. The van der Waals surface area contributed by atoms with Crippen LogP contribution in [-0.4, -0.2) is 37.1 Å². The number of aliphatic hydroxyl groups is 1. The first-order chi connectivity index (χ1) is 11.0. The normalized spacial score (nSPS) is 13.7. The molecule has 23 heavy (non-hydrogen) atoms. The Morgan fingerprint density at radius 3 is 2.91 bits per heavy atom. The molecule has 0 radical (unpaired) electrons. The number of carbonyl (C=O) groups excluding carboxylic acids is 1. The summed E-state index contributed by atoms with van der Waals surface area (Å²) in [6, 6.07) is 7.03. The highest BCUT2D eigenvalue weighted by molar-refractivity contribution is 5.85. The van der Waals surface area contributed by atoms with Crippen LogP contribution in [0.25, 0.3) is 11.0 Å². The maximum Gasteiger partial charge on any atom is 0.334 e. The highest BCUT2D eigenvalue weighted by Gasteiger charge is 2.25. The molecule has 2 amide bonds. The van der Waals surface area contributed by atoms with Crippen LogP contribution >= 0.6 is 0 Å². The van der Waals surface area contributed by atoms with E-state index in [1.165, 1.54) is 11.0 Å². The molecule has 8 nitrogen and oxygen atoms in total. The lowest BCUT2D eigenvalue weighted by atomic mass is 10.00. The molecule has 2 aromatic heterocycles. The summed E-state index contributed by atoms with van der Waals surface area (Å²) in [6.07, 6.45) is 4.81. The van der Waals surface area contributed by atoms with Crippen molar-refractivity contribution in [3.63, 3.8) is 0 Å². The van der Waals surface area contributed by atoms with E-state index in [4.69, 9.17) is 0 Å². The highest BCUT2D eigenvalue weighted by Crippen LogP contribution is 2.18. The lowest BCUT2D eigenvalue weighted by Gasteiger charge is -2.22. The average Bonchev–Trinajstić information content (AvgIpc) is 3.13. The molecule has 8 heteroatoms. The number of benzene rings is 1. The Morgan fingerprint density at radius 1 is 1.39 bits per heavy atom. The molecule has 1 unspecified atom stereocenters. The Balaban J connectivity index is 1.63. The van der Waals surface area contributed by atoms with Gasteiger partial charge in [0.05, 0.1) is 23.8 Å². The van der Waals surface area contributed by atoms with Gasteiger partial charge in [-0.1, -0.05) is 12.1 Å². The first-order valence-electron chi connectivity index (χ1n) is 7.14. The highest BCUT2D eigenvalue weighted by atomic mass is 16.3. The zero-order valence-corrected chi connectivity index (χ0v) is 12.9. The summed E-state index contributed by atoms with van der Waals surface area (Å²) in [5.41, 5.74) is 3.67. The SMILES string of the molecule is Cn1cc(C(C)(O)CNC(=O)Nn2cnc3ccccc32)cn1. The second-order valence-electron chi connectivity index (χ2n) is 5.57. The van der Waals surface area contributed by atoms with Gasteiger partial charge in [-0.3, -0.25) is 4.68 Å². The molecule has 3 N–H and O–H groups in total. The Labute approximate surface area is 132 Å². The maximum atomic E-state index is 12.0. The largest absolute Gasteiger partial charge is 0.383 e. The van der Waals surface area contributed by atoms with E-state index in [-0.39, 0.29) is 6.54 Å². The number of rotatable bonds is 4. The van der Waals surface area contributed by atoms with E-state index in [9.17, 15) is 9.90 Å². The quantitative estimate of drug-likeness (QED) is 0.667. The Hall–Kier alpha value is -2.87. The van der Waals surface area contributed by atoms with Gasteiger partial charge < -0.3 is 10.4 Å². The summed E-state index contributed by atoms with van der Waals surface area (Å²) in [5, 5.41) is 17.1. The third kappa shape index (κ3) is 3.16. The summed E-state index contributed by atoms with van der Waals surface area (Å²) >= 11 is 0. The van der Waals surface area contributed by atoms with Crippen molar-refractivity contribution >= 4 is 17.1 Å². The van der Waals surface area contributed by atoms with Crippen LogP contribution in [0.3, 0.4) is 0 Å². The fraction of sp³-hybridized carbons (Fsp3) is 0.267. The fourth-order valence-corrected chi connectivity index (χ4v) is 2.25. The number of fused-ring (bicyclic) bond motifs is 1. The minimum Gasteiger partial charge on any atom is -0.383 e. The van der Waals surface area contributed by atoms with E-state index in [2.05, 4.69) is 20.8 Å². The van der Waals surface area contributed by atoms with Crippen molar-refractivity contribution in [1.29, 1.82) is 0 Å². The topological polar surface area (TPSA) is 97.0 Å². The van der Waals surface area contributed by atoms with Gasteiger partial charge in [0.2, 0.25) is 0 Å². The number of nitrogens with zero attached hydrogens (tertiary/aromatic N) is 4. The van der Waals surface area contributed by atoms with E-state index in [0.29, 0.717) is 5.56 Å². The van der Waals surface area contributed by atoms with Crippen LogP contribution in [0, 0.1) is 0 Å². The summed E-state index contributed by atoms with van der Waals surface area (Å²) in [4.78, 5) is 16.2. The van der Waals surface area contributed by atoms with E-state index >= 15 is 0 Å². The second-order valence-corrected chi connectivity index (χ2v) is 5.57. The number of hydrogen-bond acceptors (Lipinski definition) is 4. The third-order valence-corrected chi connectivity index (χ3v) is 3.60. The fourth-order valence-electron chi connectivity index (χ4n) is 2.25. The van der Waals surface area contributed by atoms with Crippen LogP contribution in [0.4, 0.5) is 4.79 Å². The number of aryl methyl sites for hydroxylation is 1. The first kappa shape index (κ1) is 15.0. The van der Waals surface area contributed by atoms with Gasteiger partial charge in [0.1, 0.15) is 11.9 Å². The van der Waals surface area contributed by atoms with E-state index in [0.717, 1.165) is 11.0 Å². The van der Waals surface area contributed by atoms with Gasteiger partial charge in [-0.2, -0.15) is 5.10 Å². The first-order valence-corrected chi connectivity index (χ1v) is 7.14. The average molecular weight is 314 g/mol. The minimum atomic E-state index is -1.21. The molecule has 3 rings (SSSR count). The van der Waals surface area contributed by atoms with Crippen molar-refractivity contribution in [2.75, 3.05) is 12.0 Å². The van der Waals surface area contributed by atoms with Crippen LogP contribution in [0.15, 0.2) is 43.0 Å². The number of amides is 2. The maximum absolute atomic E-state index is 12.0. The molecule has 0 saturated carbocycles. The third-order valence-electron chi connectivity index (χ3n) is 3.60. The smallest absolute Gasteiger partial charge is 0.334 e. The lowest BCUT2D eigenvalue weighted by Crippen LogP contribution is -2.42. The number of carbonyl (C=O) groups is 1. The van der Waals surface area contributed by atoms with Crippen LogP contribution in [0.1, 0.15) is 12.5 Å². The summed E-state index contributed by atoms with van der Waals surface area (Å²) in [7, 11) is 1.77. The Morgan fingerprint density at radius 2 is 2.17 bits per heavy atom. The van der Waals surface area contributed by atoms with Crippen molar-refractivity contribution in [3.8, 4) is 0 Å². The van der Waals surface area contributed by atoms with Gasteiger partial charge >= 0.3 is 6.03 Å². The standard InChI is InChI=1S/C15H18N6O2/c1-15(23,11-7-18-20(2)8-11)9-16-14(22)19-21-10-17-12-5-3-4-6-13(12)21/h3-8,10,23H,9H2,1-2H3,(H2,16,19,22). The van der Waals surface area contributed by atoms with Crippen LogP contribution in [-0.2, 0) is 12.6 Å². The number of hydrogen-bond donors (Lipinski definition) is 3. The van der Waals surface area contributed by atoms with E-state index < -0.39 is 11.6 Å². The molecule has 0 fully saturated rings. The number of urea groups is 1. The van der Waals surface area contributed by atoms with E-state index in [1.807, 2.05) is 24.3 Å². The molecule has 2 heterocycles. The zero-order valence-electron chi connectivity index (χ0n) is 12.9. The van der Waals surface area contributed by atoms with Gasteiger partial charge in [-0.15, -0.1) is 0 Å². The van der Waals surface area contributed by atoms with Gasteiger partial charge in [0, 0.05) is 18.8 Å². The summed E-state index contributed by atoms with van der Waals surface area (Å²) in [5.74, 6) is 0. The Bertz CT molecular complexity index is 835. The van der Waals surface area contributed by atoms with Gasteiger partial charge in [-0.25, -0.2) is 19.9 Å². The Kier molecular flexibility index (Phi) is 3.75. The van der Waals surface area contributed by atoms with Crippen LogP contribution < -0.4 is 10.7 Å². The van der Waals surface area contributed by atoms with Crippen molar-refractivity contribution in [2.24, 2.45) is 7.05 Å². The van der Waals surface area contributed by atoms with Crippen molar-refractivity contribution in [1.82, 2.24) is 24.8 Å². The molecule has 0 aliphatic carbocycles. The van der Waals surface area contributed by atoms with Crippen molar-refractivity contribution in [2.45, 2.75) is 12.5 Å². The van der Waals surface area contributed by atoms with Gasteiger partial charge in [0.15, 0.2) is 0 Å². The molecule has 1 aromatic carbocycles. The molecule has 0 aliphatic heterocycles. The number of nitrogens with one attached hydrogen (secondary N) is 2.